The summed E-state index contributed by atoms with van der Waals surface area (Å²) in [5.74, 6) is 1.02. The Labute approximate surface area is 448 Å². The van der Waals surface area contributed by atoms with E-state index in [-0.39, 0.29) is 76.5 Å². The molecule has 0 bridgehead atoms. The first kappa shape index (κ1) is 56.2. The van der Waals surface area contributed by atoms with Crippen LogP contribution in [0.5, 0.6) is 0 Å². The maximum absolute atomic E-state index is 15.9. The fraction of sp³-hybridized carbons (Fsp3) is 0.412. The average Bonchev–Trinajstić information content (AvgIpc) is 4.19. The number of aryl methyl sites for hydroxylation is 2. The van der Waals surface area contributed by atoms with Crippen LogP contribution in [-0.4, -0.2) is 80.8 Å². The number of halogens is 4. The molecular weight excluding hydrogens is 1020 g/mol. The van der Waals surface area contributed by atoms with Gasteiger partial charge in [-0.1, -0.05) is 76.8 Å². The molecule has 0 spiro atoms. The summed E-state index contributed by atoms with van der Waals surface area (Å²) in [7, 11) is 3.63. The Morgan fingerprint density at radius 1 is 0.684 bits per heavy atom. The zero-order valence-electron chi connectivity index (χ0n) is 43.3. The Morgan fingerprint density at radius 3 is 1.62 bits per heavy atom. The molecule has 76 heavy (non-hydrogen) atoms. The van der Waals surface area contributed by atoms with E-state index in [1.165, 1.54) is 12.7 Å². The minimum Gasteiger partial charge on any atom is -0.338 e. The SMILES string of the molecule is CC(C)(C)c1nc(C(=O)Cl)no1.Cl.Cn1cc(Nc2ncnc(-c3ccc4c(c3F)CCCC[C@H]4CC(=O)c3noc(C(C)(C)C)n3)n2)cn1.Cn1cc(Nc2ncnc(-c3ccc4c(c3F)CCCC[C@H]4N)n2)cn1. The van der Waals surface area contributed by atoms with Crippen LogP contribution in [0.15, 0.2) is 70.8 Å². The summed E-state index contributed by atoms with van der Waals surface area (Å²) in [4.78, 5) is 57.1. The minimum absolute atomic E-state index is 0. The maximum atomic E-state index is 15.9. The summed E-state index contributed by atoms with van der Waals surface area (Å²) >= 11 is 5.14. The average molecular weight is 1080 g/mol. The van der Waals surface area contributed by atoms with Crippen LogP contribution in [0.4, 0.5) is 32.1 Å². The molecule has 25 heteroatoms. The van der Waals surface area contributed by atoms with E-state index in [1.807, 2.05) is 60.7 Å². The molecule has 0 amide bonds. The van der Waals surface area contributed by atoms with Crippen LogP contribution in [0.2, 0.25) is 0 Å². The molecule has 6 aromatic heterocycles. The number of carbonyl (C=O) groups excluding carboxylic acids is 2. The van der Waals surface area contributed by atoms with Gasteiger partial charge in [-0.05, 0) is 90.4 Å². The molecule has 0 aliphatic heterocycles. The third-order valence-corrected chi connectivity index (χ3v) is 12.5. The standard InChI is InChI=1S/C26H29FN8O2.C18H20FN7.C7H9ClN2O2.ClH/c1-26(2,3)24-32-23(34-37-24)20(36)11-15-7-5-6-8-18-17(15)9-10-19(21(18)27)22-28-14-29-25(33-22)31-16-12-30-35(4)13-16;1-26-9-11(8-23-26)24-18-22-10-21-17(25-18)14-7-6-12-13(16(14)19)4-2-3-5-15(12)20;1-7(2,3)6-9-5(4(8)11)10-12-6;/h9-10,12-15H,5-8,11H2,1-4H3,(H,28,29,31,33);6-10,15H,2-5,20H2,1H3,(H,21,22,24,25);1-3H3;1H/t2*15-;;/m01../s1. The Morgan fingerprint density at radius 2 is 1.16 bits per heavy atom. The number of rotatable bonds is 10. The van der Waals surface area contributed by atoms with E-state index in [0.717, 1.165) is 55.3 Å². The summed E-state index contributed by atoms with van der Waals surface area (Å²) in [6.07, 6.45) is 16.4. The normalized spacial score (nSPS) is 15.3. The second-order valence-corrected chi connectivity index (χ2v) is 20.7. The molecule has 0 saturated heterocycles. The van der Waals surface area contributed by atoms with Crippen LogP contribution in [-0.2, 0) is 37.8 Å². The van der Waals surface area contributed by atoms with Gasteiger partial charge in [0.15, 0.2) is 11.6 Å². The van der Waals surface area contributed by atoms with Crippen LogP contribution in [0, 0.1) is 11.6 Å². The lowest BCUT2D eigenvalue weighted by atomic mass is 9.87. The fourth-order valence-electron chi connectivity index (χ4n) is 8.50. The van der Waals surface area contributed by atoms with Crippen LogP contribution >= 0.6 is 24.0 Å². The second-order valence-electron chi connectivity index (χ2n) is 20.4. The van der Waals surface area contributed by atoms with Gasteiger partial charge in [-0.3, -0.25) is 19.0 Å². The highest BCUT2D eigenvalue weighted by atomic mass is 35.5. The number of nitrogens with one attached hydrogen (secondary N) is 2. The molecule has 2 aliphatic rings. The maximum Gasteiger partial charge on any atom is 0.293 e. The first-order valence-corrected chi connectivity index (χ1v) is 24.8. The number of hydrogen-bond donors (Lipinski definition) is 3. The molecule has 0 unspecified atom stereocenters. The summed E-state index contributed by atoms with van der Waals surface area (Å²) in [6.45, 7) is 11.6. The number of benzene rings is 2. The Balaban J connectivity index is 0.000000186. The molecule has 4 N–H and O–H groups in total. The monoisotopic (exact) mass is 1080 g/mol. The number of nitrogens with two attached hydrogens (primary N) is 1. The van der Waals surface area contributed by atoms with Crippen molar-refractivity contribution in [3.63, 3.8) is 0 Å². The third kappa shape index (κ3) is 13.7. The molecule has 21 nitrogen and oxygen atoms in total. The van der Waals surface area contributed by atoms with Gasteiger partial charge < -0.3 is 25.4 Å². The molecule has 0 saturated carbocycles. The highest BCUT2D eigenvalue weighted by Crippen LogP contribution is 2.38. The number of aromatic nitrogens is 14. The van der Waals surface area contributed by atoms with Gasteiger partial charge in [-0.15, -0.1) is 12.4 Å². The smallest absolute Gasteiger partial charge is 0.293 e. The zero-order chi connectivity index (χ0) is 53.6. The molecular formula is C51H59Cl2F2N17O4. The van der Waals surface area contributed by atoms with Crippen molar-refractivity contribution in [1.29, 1.82) is 0 Å². The first-order chi connectivity index (χ1) is 35.7. The molecule has 8 aromatic rings. The molecule has 0 radical (unpaired) electrons. The third-order valence-electron chi connectivity index (χ3n) is 12.4. The Hall–Kier alpha value is -7.50. The molecule has 10 rings (SSSR count). The number of nitrogens with zero attached hydrogens (tertiary/aromatic N) is 14. The fourth-order valence-corrected chi connectivity index (χ4v) is 8.58. The van der Waals surface area contributed by atoms with E-state index < -0.39 is 5.24 Å². The Kier molecular flexibility index (Phi) is 17.8. The van der Waals surface area contributed by atoms with Gasteiger partial charge in [0.1, 0.15) is 24.3 Å². The van der Waals surface area contributed by atoms with Crippen LogP contribution < -0.4 is 16.4 Å². The summed E-state index contributed by atoms with van der Waals surface area (Å²) < 4.78 is 44.5. The number of anilines is 4. The van der Waals surface area contributed by atoms with Gasteiger partial charge in [0.05, 0.1) is 34.9 Å². The highest BCUT2D eigenvalue weighted by Gasteiger charge is 2.30. The number of ketones is 1. The van der Waals surface area contributed by atoms with E-state index in [9.17, 15) is 9.59 Å². The zero-order valence-corrected chi connectivity index (χ0v) is 44.9. The summed E-state index contributed by atoms with van der Waals surface area (Å²) in [5.41, 5.74) is 10.8. The summed E-state index contributed by atoms with van der Waals surface area (Å²) in [5, 5.41) is 20.9. The number of Topliss-reactive ketones (excluding diaryl/α,β-unsaturated/α-hetero) is 1. The Bertz CT molecular complexity index is 3310. The van der Waals surface area contributed by atoms with E-state index in [2.05, 4.69) is 71.0 Å². The second kappa shape index (κ2) is 24.0. The lowest BCUT2D eigenvalue weighted by molar-refractivity contribution is 0.0958. The van der Waals surface area contributed by atoms with Crippen molar-refractivity contribution in [1.82, 2.24) is 69.7 Å². The van der Waals surface area contributed by atoms with Crippen molar-refractivity contribution in [3.8, 4) is 22.8 Å². The highest BCUT2D eigenvalue weighted by molar-refractivity contribution is 6.67. The minimum atomic E-state index is -0.700. The van der Waals surface area contributed by atoms with Crippen molar-refractivity contribution in [3.05, 3.63) is 119 Å². The van der Waals surface area contributed by atoms with Gasteiger partial charge in [0.2, 0.25) is 35.3 Å². The largest absolute Gasteiger partial charge is 0.338 e. The lowest BCUT2D eigenvalue weighted by Gasteiger charge is -2.18. The van der Waals surface area contributed by atoms with Crippen molar-refractivity contribution >= 4 is 58.3 Å². The topological polar surface area (TPSA) is 275 Å². The van der Waals surface area contributed by atoms with E-state index in [4.69, 9.17) is 26.4 Å². The molecule has 2 aliphatic carbocycles. The predicted molar refractivity (Wildman–Crippen MR) is 281 cm³/mol. The van der Waals surface area contributed by atoms with Crippen molar-refractivity contribution in [2.24, 2.45) is 19.8 Å². The van der Waals surface area contributed by atoms with Crippen LogP contribution in [0.3, 0.4) is 0 Å². The van der Waals surface area contributed by atoms with Crippen LogP contribution in [0.1, 0.15) is 154 Å². The molecule has 2 atom stereocenters. The van der Waals surface area contributed by atoms with Gasteiger partial charge in [0, 0.05) is 49.8 Å². The van der Waals surface area contributed by atoms with E-state index >= 15 is 8.78 Å². The van der Waals surface area contributed by atoms with E-state index in [1.54, 1.807) is 53.3 Å². The quantitative estimate of drug-likeness (QED) is 0.0652. The van der Waals surface area contributed by atoms with E-state index in [0.29, 0.717) is 70.3 Å². The number of fused-ring (bicyclic) bond motifs is 2. The first-order valence-electron chi connectivity index (χ1n) is 24.4. The van der Waals surface area contributed by atoms with Crippen LogP contribution in [0.25, 0.3) is 22.8 Å². The molecule has 400 valence electrons. The van der Waals surface area contributed by atoms with Gasteiger partial charge in [-0.25, -0.2) is 28.7 Å². The molecule has 0 fully saturated rings. The van der Waals surface area contributed by atoms with Gasteiger partial charge >= 0.3 is 0 Å². The van der Waals surface area contributed by atoms with Crippen molar-refractivity contribution in [2.75, 3.05) is 10.6 Å². The van der Waals surface area contributed by atoms with Crippen molar-refractivity contribution < 1.29 is 27.4 Å². The number of hydrogen-bond acceptors (Lipinski definition) is 19. The molecule has 2 aromatic carbocycles. The predicted octanol–water partition coefficient (Wildman–Crippen LogP) is 9.97. The number of carbonyl (C=O) groups is 2. The van der Waals surface area contributed by atoms with Gasteiger partial charge in [0.25, 0.3) is 11.1 Å². The van der Waals surface area contributed by atoms with Gasteiger partial charge in [-0.2, -0.15) is 30.1 Å². The molecule has 6 heterocycles. The lowest BCUT2D eigenvalue weighted by Crippen LogP contribution is -2.13. The summed E-state index contributed by atoms with van der Waals surface area (Å²) in [6, 6.07) is 7.08. The van der Waals surface area contributed by atoms with Crippen molar-refractivity contribution in [2.45, 2.75) is 122 Å².